The molecule has 2 rings (SSSR count). The van der Waals surface area contributed by atoms with E-state index in [-0.39, 0.29) is 10.9 Å². The Morgan fingerprint density at radius 1 is 1.40 bits per heavy atom. The van der Waals surface area contributed by atoms with Gasteiger partial charge in [-0.2, -0.15) is 0 Å². The van der Waals surface area contributed by atoms with Crippen molar-refractivity contribution < 1.29 is 8.42 Å². The number of likely N-dealkylation sites (tertiary alicyclic amines) is 1. The number of nitrogens with zero attached hydrogens (tertiary/aromatic N) is 1. The number of piperidine rings is 1. The summed E-state index contributed by atoms with van der Waals surface area (Å²) in [5.41, 5.74) is 7.12. The monoisotopic (exact) mass is 297 g/mol. The Bertz CT molecular complexity index is 586. The molecule has 0 aliphatic carbocycles. The van der Waals surface area contributed by atoms with Gasteiger partial charge in [0.05, 0.1) is 4.90 Å². The van der Waals surface area contributed by atoms with E-state index in [2.05, 4.69) is 23.6 Å². The molecular formula is C14H23N3O2S. The number of nitrogen functional groups attached to an aromatic ring is 1. The first-order chi connectivity index (χ1) is 9.29. The molecule has 0 spiro atoms. The normalized spacial score (nSPS) is 24.8. The molecule has 112 valence electrons. The van der Waals surface area contributed by atoms with Crippen molar-refractivity contribution in [1.29, 1.82) is 0 Å². The lowest BCUT2D eigenvalue weighted by atomic mass is 10.0. The smallest absolute Gasteiger partial charge is 0.240 e. The summed E-state index contributed by atoms with van der Waals surface area (Å²) < 4.78 is 27.6. The number of aryl methyl sites for hydroxylation is 1. The van der Waals surface area contributed by atoms with Crippen molar-refractivity contribution in [1.82, 2.24) is 9.62 Å². The van der Waals surface area contributed by atoms with Gasteiger partial charge in [0, 0.05) is 17.8 Å². The maximum absolute atomic E-state index is 12.4. The first kappa shape index (κ1) is 15.3. The number of nitrogens with two attached hydrogens (primary N) is 1. The number of hydrogen-bond donors (Lipinski definition) is 2. The summed E-state index contributed by atoms with van der Waals surface area (Å²) in [6, 6.07) is 5.22. The SMILES string of the molecule is Cc1cc(S(=O)(=O)NC2CCN(C)C(C)C2)ccc1N. The zero-order valence-corrected chi connectivity index (χ0v) is 13.1. The fraction of sp³-hybridized carbons (Fsp3) is 0.571. The van der Waals surface area contributed by atoms with Crippen molar-refractivity contribution in [3.8, 4) is 0 Å². The molecule has 1 aliphatic rings. The van der Waals surface area contributed by atoms with Crippen molar-refractivity contribution in [3.63, 3.8) is 0 Å². The van der Waals surface area contributed by atoms with Crippen LogP contribution in [0.15, 0.2) is 23.1 Å². The van der Waals surface area contributed by atoms with E-state index in [1.54, 1.807) is 18.2 Å². The van der Waals surface area contributed by atoms with Gasteiger partial charge in [-0.25, -0.2) is 13.1 Å². The van der Waals surface area contributed by atoms with Crippen LogP contribution >= 0.6 is 0 Å². The highest BCUT2D eigenvalue weighted by Gasteiger charge is 2.27. The maximum Gasteiger partial charge on any atom is 0.240 e. The van der Waals surface area contributed by atoms with E-state index in [0.717, 1.165) is 24.9 Å². The Labute approximate surface area is 121 Å². The molecule has 20 heavy (non-hydrogen) atoms. The summed E-state index contributed by atoms with van der Waals surface area (Å²) >= 11 is 0. The maximum atomic E-state index is 12.4. The Hall–Kier alpha value is -1.11. The van der Waals surface area contributed by atoms with Gasteiger partial charge in [-0.15, -0.1) is 0 Å². The summed E-state index contributed by atoms with van der Waals surface area (Å²) in [6.45, 7) is 4.84. The standard InChI is InChI=1S/C14H23N3O2S/c1-10-8-13(4-5-14(10)15)20(18,19)16-12-6-7-17(3)11(2)9-12/h4-5,8,11-12,16H,6-7,9,15H2,1-3H3. The second-order valence-electron chi connectivity index (χ2n) is 5.69. The molecule has 1 aromatic rings. The average molecular weight is 297 g/mol. The number of hydrogen-bond acceptors (Lipinski definition) is 4. The molecule has 2 atom stereocenters. The zero-order chi connectivity index (χ0) is 14.9. The second-order valence-corrected chi connectivity index (χ2v) is 7.40. The molecule has 0 bridgehead atoms. The number of anilines is 1. The van der Waals surface area contributed by atoms with E-state index in [9.17, 15) is 8.42 Å². The van der Waals surface area contributed by atoms with E-state index in [1.807, 2.05) is 6.92 Å². The molecule has 3 N–H and O–H groups in total. The average Bonchev–Trinajstić information content (AvgIpc) is 2.37. The zero-order valence-electron chi connectivity index (χ0n) is 12.3. The lowest BCUT2D eigenvalue weighted by molar-refractivity contribution is 0.178. The summed E-state index contributed by atoms with van der Waals surface area (Å²) in [4.78, 5) is 2.54. The van der Waals surface area contributed by atoms with E-state index < -0.39 is 10.0 Å². The third-order valence-corrected chi connectivity index (χ3v) is 5.60. The molecule has 1 heterocycles. The van der Waals surface area contributed by atoms with Crippen LogP contribution in [0.2, 0.25) is 0 Å². The molecule has 5 nitrogen and oxygen atoms in total. The first-order valence-corrected chi connectivity index (χ1v) is 8.36. The molecule has 0 aromatic heterocycles. The first-order valence-electron chi connectivity index (χ1n) is 6.88. The van der Waals surface area contributed by atoms with E-state index in [4.69, 9.17) is 5.73 Å². The van der Waals surface area contributed by atoms with Gasteiger partial charge in [0.25, 0.3) is 0 Å². The largest absolute Gasteiger partial charge is 0.399 e. The minimum atomic E-state index is -3.46. The molecule has 1 fully saturated rings. The molecule has 2 unspecified atom stereocenters. The predicted molar refractivity (Wildman–Crippen MR) is 81.0 cm³/mol. The molecule has 0 radical (unpaired) electrons. The molecule has 0 amide bonds. The molecule has 1 saturated heterocycles. The topological polar surface area (TPSA) is 75.4 Å². The Morgan fingerprint density at radius 2 is 2.10 bits per heavy atom. The number of benzene rings is 1. The van der Waals surface area contributed by atoms with Crippen LogP contribution < -0.4 is 10.5 Å². The summed E-state index contributed by atoms with van der Waals surface area (Å²) in [5.74, 6) is 0. The van der Waals surface area contributed by atoms with Gasteiger partial charge in [0.2, 0.25) is 10.0 Å². The highest BCUT2D eigenvalue weighted by atomic mass is 32.2. The summed E-state index contributed by atoms with van der Waals surface area (Å²) in [6.07, 6.45) is 1.68. The third kappa shape index (κ3) is 3.31. The van der Waals surface area contributed by atoms with Crippen molar-refractivity contribution in [2.75, 3.05) is 19.3 Å². The minimum Gasteiger partial charge on any atom is -0.399 e. The molecular weight excluding hydrogens is 274 g/mol. The van der Waals surface area contributed by atoms with Gasteiger partial charge in [0.1, 0.15) is 0 Å². The van der Waals surface area contributed by atoms with Gasteiger partial charge >= 0.3 is 0 Å². The highest BCUT2D eigenvalue weighted by Crippen LogP contribution is 2.20. The Kier molecular flexibility index (Phi) is 4.36. The quantitative estimate of drug-likeness (QED) is 0.826. The third-order valence-electron chi connectivity index (χ3n) is 4.08. The van der Waals surface area contributed by atoms with E-state index in [1.165, 1.54) is 0 Å². The van der Waals surface area contributed by atoms with Crippen molar-refractivity contribution in [3.05, 3.63) is 23.8 Å². The van der Waals surface area contributed by atoms with E-state index >= 15 is 0 Å². The Balaban J connectivity index is 2.13. The van der Waals surface area contributed by atoms with Crippen LogP contribution in [0, 0.1) is 6.92 Å². The van der Waals surface area contributed by atoms with Gasteiger partial charge in [-0.3, -0.25) is 0 Å². The lowest BCUT2D eigenvalue weighted by Gasteiger charge is -2.35. The van der Waals surface area contributed by atoms with Crippen LogP contribution in [0.5, 0.6) is 0 Å². The van der Waals surface area contributed by atoms with Gasteiger partial charge in [0.15, 0.2) is 0 Å². The number of nitrogens with one attached hydrogen (secondary N) is 1. The molecule has 6 heteroatoms. The Morgan fingerprint density at radius 3 is 2.70 bits per heavy atom. The van der Waals surface area contributed by atoms with Crippen LogP contribution in [-0.4, -0.2) is 39.0 Å². The van der Waals surface area contributed by atoms with Crippen LogP contribution in [0.1, 0.15) is 25.3 Å². The van der Waals surface area contributed by atoms with Crippen molar-refractivity contribution >= 4 is 15.7 Å². The number of sulfonamides is 1. The van der Waals surface area contributed by atoms with E-state index in [0.29, 0.717) is 11.7 Å². The summed E-state index contributed by atoms with van der Waals surface area (Å²) in [7, 11) is -1.40. The van der Waals surface area contributed by atoms with Gasteiger partial charge < -0.3 is 10.6 Å². The van der Waals surface area contributed by atoms with Crippen LogP contribution in [0.25, 0.3) is 0 Å². The van der Waals surface area contributed by atoms with Crippen LogP contribution in [0.3, 0.4) is 0 Å². The van der Waals surface area contributed by atoms with Gasteiger partial charge in [-0.05, 0) is 64.0 Å². The van der Waals surface area contributed by atoms with Crippen molar-refractivity contribution in [2.45, 2.75) is 43.7 Å². The number of rotatable bonds is 3. The molecule has 1 aromatic carbocycles. The fourth-order valence-electron chi connectivity index (χ4n) is 2.50. The van der Waals surface area contributed by atoms with Crippen LogP contribution in [-0.2, 0) is 10.0 Å². The molecule has 1 aliphatic heterocycles. The second kappa shape index (κ2) is 5.71. The summed E-state index contributed by atoms with van der Waals surface area (Å²) in [5, 5.41) is 0. The lowest BCUT2D eigenvalue weighted by Crippen LogP contribution is -2.47. The minimum absolute atomic E-state index is 0.00376. The fourth-order valence-corrected chi connectivity index (χ4v) is 3.87. The van der Waals surface area contributed by atoms with Crippen LogP contribution in [0.4, 0.5) is 5.69 Å². The predicted octanol–water partition coefficient (Wildman–Crippen LogP) is 1.34. The molecule has 0 saturated carbocycles. The van der Waals surface area contributed by atoms with Gasteiger partial charge in [-0.1, -0.05) is 0 Å². The van der Waals surface area contributed by atoms with Crippen molar-refractivity contribution in [2.24, 2.45) is 0 Å². The highest BCUT2D eigenvalue weighted by molar-refractivity contribution is 7.89.